The number of halogens is 7. The van der Waals surface area contributed by atoms with Crippen molar-refractivity contribution in [2.24, 2.45) is 0 Å². The molecule has 6 rings (SSSR count). The van der Waals surface area contributed by atoms with Gasteiger partial charge in [-0.1, -0.05) is 12.1 Å². The number of nitrogens with one attached hydrogen (secondary N) is 3. The van der Waals surface area contributed by atoms with Gasteiger partial charge in [-0.05, 0) is 36.4 Å². The lowest BCUT2D eigenvalue weighted by atomic mass is 10.2. The Labute approximate surface area is 287 Å². The number of H-pyrrole nitrogens is 3. The van der Waals surface area contributed by atoms with Gasteiger partial charge >= 0.3 is 24.1 Å². The van der Waals surface area contributed by atoms with Crippen molar-refractivity contribution in [3.63, 3.8) is 0 Å². The summed E-state index contributed by atoms with van der Waals surface area (Å²) in [5.74, 6) is -7.43. The summed E-state index contributed by atoms with van der Waals surface area (Å²) in [6.07, 6.45) is -4.65. The number of alkyl halides is 3. The van der Waals surface area contributed by atoms with Gasteiger partial charge in [0.25, 0.3) is 16.7 Å². The third kappa shape index (κ3) is 9.05. The van der Waals surface area contributed by atoms with E-state index in [4.69, 9.17) is 15.3 Å². The van der Waals surface area contributed by atoms with Crippen molar-refractivity contribution in [2.75, 3.05) is 0 Å². The van der Waals surface area contributed by atoms with Gasteiger partial charge in [-0.3, -0.25) is 29.7 Å². The molecule has 0 aliphatic heterocycles. The molecule has 276 valence electrons. The smallest absolute Gasteiger partial charge is 0.418 e. The van der Waals surface area contributed by atoms with E-state index in [2.05, 4.69) is 15.3 Å². The Morgan fingerprint density at radius 2 is 0.962 bits per heavy atom. The van der Waals surface area contributed by atoms with Gasteiger partial charge < -0.3 is 15.3 Å². The second-order valence-corrected chi connectivity index (χ2v) is 10.2. The number of para-hydroxylation sites is 1. The van der Waals surface area contributed by atoms with Gasteiger partial charge in [-0.2, -0.15) is 13.2 Å². The SMILES string of the molecule is O=C(O)c1cc(=O)n(-c2cc(F)cc(F)c2)[nH]1.O=C(O)c1cc(=O)n(-c2cc(F)ccc2F)[nH]1.O=C(O)c1cc(=O)n(-c2ccccc2C(F)(F)F)[nH]1. The van der Waals surface area contributed by atoms with Gasteiger partial charge in [0.05, 0.1) is 16.9 Å². The number of aromatic amines is 3. The Hall–Kier alpha value is -7.39. The summed E-state index contributed by atoms with van der Waals surface area (Å²) in [7, 11) is 0. The van der Waals surface area contributed by atoms with Crippen LogP contribution in [0.5, 0.6) is 0 Å². The highest BCUT2D eigenvalue weighted by Crippen LogP contribution is 2.33. The normalized spacial score (nSPS) is 10.8. The molecule has 6 N–H and O–H groups in total. The molecular formula is C31H19F7N6O9. The first-order chi connectivity index (χ1) is 24.8. The molecule has 0 spiro atoms. The summed E-state index contributed by atoms with van der Waals surface area (Å²) >= 11 is 0. The number of carboxylic acid groups (broad SMARTS) is 3. The molecular weight excluding hydrogens is 733 g/mol. The lowest BCUT2D eigenvalue weighted by Crippen LogP contribution is -2.18. The monoisotopic (exact) mass is 752 g/mol. The molecule has 22 heteroatoms. The van der Waals surface area contributed by atoms with Crippen LogP contribution in [0.4, 0.5) is 30.7 Å². The quantitative estimate of drug-likeness (QED) is 0.134. The Balaban J connectivity index is 0.000000178. The van der Waals surface area contributed by atoms with E-state index in [1.165, 1.54) is 12.1 Å². The number of carbonyl (C=O) groups is 3. The molecule has 0 saturated heterocycles. The van der Waals surface area contributed by atoms with Gasteiger partial charge in [0.2, 0.25) is 0 Å². The van der Waals surface area contributed by atoms with Crippen LogP contribution in [0.1, 0.15) is 37.0 Å². The third-order valence-electron chi connectivity index (χ3n) is 6.56. The van der Waals surface area contributed by atoms with E-state index >= 15 is 0 Å². The largest absolute Gasteiger partial charge is 0.477 e. The first-order valence-electron chi connectivity index (χ1n) is 14.0. The standard InChI is InChI=1S/C11H7F3N2O3.2C10H6F2N2O3/c12-11(13,14)6-3-1-2-4-8(6)16-9(17)5-7(15-16)10(18)19;11-5-1-6(12)3-7(2-5)14-9(15)4-8(13-14)10(16)17;11-5-1-2-6(12)8(3-5)14-9(15)4-7(13-14)10(16)17/h1-5,15H,(H,18,19);2*1-4,13H,(H,16,17). The van der Waals surface area contributed by atoms with Gasteiger partial charge in [0, 0.05) is 30.3 Å². The summed E-state index contributed by atoms with van der Waals surface area (Å²) in [4.78, 5) is 66.2. The zero-order chi connectivity index (χ0) is 39.4. The minimum atomic E-state index is -4.65. The van der Waals surface area contributed by atoms with E-state index < -0.39 is 86.7 Å². The zero-order valence-corrected chi connectivity index (χ0v) is 25.8. The number of aromatic carboxylic acids is 3. The van der Waals surface area contributed by atoms with Crippen LogP contribution >= 0.6 is 0 Å². The first-order valence-corrected chi connectivity index (χ1v) is 14.0. The van der Waals surface area contributed by atoms with Crippen molar-refractivity contribution in [2.45, 2.75) is 6.18 Å². The average molecular weight is 753 g/mol. The van der Waals surface area contributed by atoms with Crippen LogP contribution in [0.3, 0.4) is 0 Å². The van der Waals surface area contributed by atoms with Gasteiger partial charge in [0.1, 0.15) is 46.0 Å². The summed E-state index contributed by atoms with van der Waals surface area (Å²) in [6, 6.07) is 11.7. The molecule has 0 aliphatic rings. The number of aromatic nitrogens is 6. The minimum absolute atomic E-state index is 0.111. The molecule has 0 atom stereocenters. The van der Waals surface area contributed by atoms with Crippen molar-refractivity contribution in [1.82, 2.24) is 29.3 Å². The zero-order valence-electron chi connectivity index (χ0n) is 25.8. The fraction of sp³-hybridized carbons (Fsp3) is 0.0323. The lowest BCUT2D eigenvalue weighted by Gasteiger charge is -2.12. The van der Waals surface area contributed by atoms with Crippen LogP contribution in [0.15, 0.2) is 93.2 Å². The molecule has 15 nitrogen and oxygen atoms in total. The fourth-order valence-electron chi connectivity index (χ4n) is 4.30. The van der Waals surface area contributed by atoms with Crippen LogP contribution in [0.2, 0.25) is 0 Å². The lowest BCUT2D eigenvalue weighted by molar-refractivity contribution is -0.137. The highest BCUT2D eigenvalue weighted by molar-refractivity contribution is 5.86. The molecule has 3 heterocycles. The van der Waals surface area contributed by atoms with Gasteiger partial charge in [0.15, 0.2) is 0 Å². The molecule has 0 unspecified atom stereocenters. The molecule has 0 amide bonds. The molecule has 6 aromatic rings. The molecule has 0 fully saturated rings. The fourth-order valence-corrected chi connectivity index (χ4v) is 4.30. The van der Waals surface area contributed by atoms with Gasteiger partial charge in [-0.25, -0.2) is 46.0 Å². The number of rotatable bonds is 6. The molecule has 0 aliphatic carbocycles. The second-order valence-electron chi connectivity index (χ2n) is 10.2. The topological polar surface area (TPSA) is 225 Å². The Kier molecular flexibility index (Phi) is 11.0. The summed E-state index contributed by atoms with van der Waals surface area (Å²) < 4.78 is 92.4. The summed E-state index contributed by atoms with van der Waals surface area (Å²) in [5, 5.41) is 32.5. The molecule has 3 aromatic heterocycles. The second kappa shape index (κ2) is 15.2. The predicted octanol–water partition coefficient (Wildman–Crippen LogP) is 4.17. The Morgan fingerprint density at radius 3 is 1.42 bits per heavy atom. The minimum Gasteiger partial charge on any atom is -0.477 e. The van der Waals surface area contributed by atoms with E-state index in [0.717, 1.165) is 65.3 Å². The number of carboxylic acids is 3. The van der Waals surface area contributed by atoms with E-state index in [1.807, 2.05) is 0 Å². The maximum Gasteiger partial charge on any atom is 0.418 e. The van der Waals surface area contributed by atoms with Crippen LogP contribution in [-0.4, -0.2) is 62.6 Å². The summed E-state index contributed by atoms with van der Waals surface area (Å²) in [6.45, 7) is 0. The van der Waals surface area contributed by atoms with Crippen molar-refractivity contribution >= 4 is 17.9 Å². The van der Waals surface area contributed by atoms with Crippen LogP contribution in [0, 0.1) is 23.3 Å². The van der Waals surface area contributed by atoms with E-state index in [9.17, 15) is 59.5 Å². The van der Waals surface area contributed by atoms with Crippen LogP contribution < -0.4 is 16.7 Å². The van der Waals surface area contributed by atoms with Crippen molar-refractivity contribution in [3.05, 3.63) is 156 Å². The molecule has 3 aromatic carbocycles. The maximum absolute atomic E-state index is 13.4. The Bertz CT molecular complexity index is 2510. The summed E-state index contributed by atoms with van der Waals surface area (Å²) in [5.41, 5.74) is -5.60. The highest BCUT2D eigenvalue weighted by atomic mass is 19.4. The highest BCUT2D eigenvalue weighted by Gasteiger charge is 2.34. The molecule has 0 saturated carbocycles. The van der Waals surface area contributed by atoms with Crippen LogP contribution in [-0.2, 0) is 6.18 Å². The van der Waals surface area contributed by atoms with Gasteiger partial charge in [-0.15, -0.1) is 0 Å². The molecule has 53 heavy (non-hydrogen) atoms. The van der Waals surface area contributed by atoms with E-state index in [0.29, 0.717) is 15.4 Å². The third-order valence-corrected chi connectivity index (χ3v) is 6.56. The van der Waals surface area contributed by atoms with Crippen molar-refractivity contribution < 1.29 is 60.4 Å². The average Bonchev–Trinajstić information content (AvgIpc) is 3.78. The number of nitrogens with zero attached hydrogens (tertiary/aromatic N) is 3. The van der Waals surface area contributed by atoms with Crippen molar-refractivity contribution in [3.8, 4) is 17.1 Å². The maximum atomic E-state index is 13.4. The number of benzene rings is 3. The number of hydrogen-bond acceptors (Lipinski definition) is 6. The van der Waals surface area contributed by atoms with Crippen LogP contribution in [0.25, 0.3) is 17.1 Å². The molecule has 0 radical (unpaired) electrons. The Morgan fingerprint density at radius 1 is 0.528 bits per heavy atom. The molecule has 0 bridgehead atoms. The van der Waals surface area contributed by atoms with E-state index in [1.54, 1.807) is 0 Å². The predicted molar refractivity (Wildman–Crippen MR) is 165 cm³/mol. The van der Waals surface area contributed by atoms with E-state index in [-0.39, 0.29) is 17.1 Å². The number of hydrogen-bond donors (Lipinski definition) is 6. The van der Waals surface area contributed by atoms with Crippen molar-refractivity contribution in [1.29, 1.82) is 0 Å². The first kappa shape index (κ1) is 38.4.